The van der Waals surface area contributed by atoms with Crippen LogP contribution in [0.15, 0.2) is 33.9 Å². The number of aromatic nitrogens is 2. The average Bonchev–Trinajstić information content (AvgIpc) is 4.05. The summed E-state index contributed by atoms with van der Waals surface area (Å²) in [4.78, 5) is 65.1. The van der Waals surface area contributed by atoms with E-state index >= 15 is 8.78 Å². The predicted octanol–water partition coefficient (Wildman–Crippen LogP) is 4.15. The third kappa shape index (κ3) is 8.04. The molecule has 2 aromatic carbocycles. The molecule has 0 radical (unpaired) electrons. The molecule has 7 N–H and O–H groups in total. The number of aromatic carboxylic acids is 2. The summed E-state index contributed by atoms with van der Waals surface area (Å²) in [5.74, 6) is -3.21. The van der Waals surface area contributed by atoms with Crippen LogP contribution >= 0.6 is 12.4 Å². The highest BCUT2D eigenvalue weighted by Crippen LogP contribution is 2.51. The van der Waals surface area contributed by atoms with Gasteiger partial charge in [0.25, 0.3) is 11.1 Å². The minimum atomic E-state index is -1.42. The molecule has 2 aromatic heterocycles. The summed E-state index contributed by atoms with van der Waals surface area (Å²) >= 11 is 0. The molecular formula is C45H53ClF2N6O12. The van der Waals surface area contributed by atoms with E-state index in [9.17, 15) is 44.4 Å². The molecule has 0 spiro atoms. The van der Waals surface area contributed by atoms with Crippen molar-refractivity contribution in [3.8, 4) is 11.5 Å². The first-order valence-corrected chi connectivity index (χ1v) is 21.9. The van der Waals surface area contributed by atoms with Crippen molar-refractivity contribution in [2.75, 3.05) is 62.4 Å². The van der Waals surface area contributed by atoms with E-state index in [1.807, 2.05) is 9.80 Å². The van der Waals surface area contributed by atoms with Crippen LogP contribution in [-0.2, 0) is 4.74 Å². The molecule has 21 heteroatoms. The van der Waals surface area contributed by atoms with Crippen molar-refractivity contribution in [1.29, 1.82) is 0 Å². The van der Waals surface area contributed by atoms with Crippen LogP contribution in [0.3, 0.4) is 0 Å². The van der Waals surface area contributed by atoms with Crippen molar-refractivity contribution in [3.63, 3.8) is 0 Å². The minimum Gasteiger partial charge on any atom is -0.487 e. The van der Waals surface area contributed by atoms with Gasteiger partial charge in [0, 0.05) is 53.9 Å². The molecule has 356 valence electrons. The van der Waals surface area contributed by atoms with Gasteiger partial charge >= 0.3 is 18.0 Å². The minimum absolute atomic E-state index is 0. The summed E-state index contributed by atoms with van der Waals surface area (Å²) in [6.07, 6.45) is 4.68. The Bertz CT molecular complexity index is 2790. The number of halogens is 3. The highest BCUT2D eigenvalue weighted by Gasteiger charge is 2.54. The number of alkyl carbamates (subject to hydrolysis) is 1. The van der Waals surface area contributed by atoms with Gasteiger partial charge in [-0.05, 0) is 89.5 Å². The van der Waals surface area contributed by atoms with Crippen LogP contribution < -0.4 is 41.4 Å². The lowest BCUT2D eigenvalue weighted by molar-refractivity contribution is 0.0476. The summed E-state index contributed by atoms with van der Waals surface area (Å²) < 4.78 is 50.3. The van der Waals surface area contributed by atoms with Crippen molar-refractivity contribution >= 4 is 63.6 Å². The largest absolute Gasteiger partial charge is 0.487 e. The number of amides is 1. The predicted molar refractivity (Wildman–Crippen MR) is 239 cm³/mol. The second-order valence-corrected chi connectivity index (χ2v) is 19.2. The smallest absolute Gasteiger partial charge is 0.408 e. The first-order valence-electron chi connectivity index (χ1n) is 21.9. The van der Waals surface area contributed by atoms with Crippen molar-refractivity contribution in [3.05, 3.63) is 67.7 Å². The van der Waals surface area contributed by atoms with Crippen LogP contribution in [0.2, 0.25) is 0 Å². The van der Waals surface area contributed by atoms with Crippen LogP contribution in [0.1, 0.15) is 92.1 Å². The van der Waals surface area contributed by atoms with Crippen molar-refractivity contribution in [1.82, 2.24) is 14.5 Å². The number of carboxylic acids is 2. The number of pyridine rings is 2. The van der Waals surface area contributed by atoms with Gasteiger partial charge in [0.05, 0.1) is 36.3 Å². The highest BCUT2D eigenvalue weighted by atomic mass is 35.5. The number of nitrogens with zero attached hydrogens (tertiary/aromatic N) is 4. The number of carbonyl (C=O) groups is 3. The Morgan fingerprint density at radius 2 is 1.21 bits per heavy atom. The van der Waals surface area contributed by atoms with Crippen LogP contribution in [-0.4, -0.2) is 117 Å². The van der Waals surface area contributed by atoms with Gasteiger partial charge in [0.15, 0.2) is 23.1 Å². The zero-order valence-corrected chi connectivity index (χ0v) is 37.4. The lowest BCUT2D eigenvalue weighted by atomic mass is 9.96. The topological polar surface area (TPSA) is 248 Å². The molecule has 0 bridgehead atoms. The van der Waals surface area contributed by atoms with Gasteiger partial charge in [0.1, 0.15) is 41.3 Å². The van der Waals surface area contributed by atoms with Crippen LogP contribution in [0, 0.1) is 23.5 Å². The molecule has 18 nitrogen and oxygen atoms in total. The number of nitrogens with one attached hydrogen (secondary N) is 1. The molecular weight excluding hydrogens is 890 g/mol. The summed E-state index contributed by atoms with van der Waals surface area (Å²) in [5.41, 5.74) is 3.77. The maximum atomic E-state index is 15.5. The normalized spacial score (nSPS) is 23.0. The third-order valence-corrected chi connectivity index (χ3v) is 13.8. The number of ether oxygens (including phenoxy) is 3. The SMILES string of the molecule is CC(C)(C)OC(=O)NC1([C@@H]2CCN(c3c(F)cc4cc(C(=O)O)c(=O)n5c4c3OC[C@@H]5CO)C2)CC1.Cl.NC1([C@@H]2CCN(c3c(F)cc4cc(C(=O)O)c(=O)n5c4c3OC[C@@H]5CO)C2)CC1. The second-order valence-electron chi connectivity index (χ2n) is 19.2. The van der Waals surface area contributed by atoms with E-state index in [0.717, 1.165) is 44.6 Å². The maximum Gasteiger partial charge on any atom is 0.408 e. The standard InChI is InChI=1S/C25H30FN3O7.C20H22FN3O5.ClH/c1-24(2,3)36-23(34)27-25(5-6-25)14-4-7-28(10-14)19-17(26)9-13-8-16(22(32)33)21(31)29-15(11-30)12-35-20(19)18(13)29;21-14-6-10-5-13(19(27)28)18(26)24-12(8-25)9-29-17(15(10)24)16(14)23-4-1-11(7-23)20(22)2-3-20;/h8-9,14-15,30H,4-7,10-12H2,1-3H3,(H,27,34)(H,32,33);5-6,11-12,25H,1-4,7-9,22H2,(H,27,28);1H/t14-,15+;11-,12+;/m11./s1. The van der Waals surface area contributed by atoms with Crippen LogP contribution in [0.4, 0.5) is 25.0 Å². The van der Waals surface area contributed by atoms with Gasteiger partial charge in [-0.1, -0.05) is 0 Å². The summed E-state index contributed by atoms with van der Waals surface area (Å²) in [7, 11) is 0. The van der Waals surface area contributed by atoms with E-state index < -0.39 is 88.3 Å². The molecule has 1 amide bonds. The average molecular weight is 943 g/mol. The lowest BCUT2D eigenvalue weighted by Crippen LogP contribution is -2.46. The van der Waals surface area contributed by atoms with Gasteiger partial charge in [-0.3, -0.25) is 18.7 Å². The number of carboxylic acid groups (broad SMARTS) is 2. The summed E-state index contributed by atoms with van der Waals surface area (Å²) in [6.45, 7) is 6.65. The second kappa shape index (κ2) is 16.9. The first-order chi connectivity index (χ1) is 30.8. The number of nitrogens with two attached hydrogens (primary N) is 1. The molecule has 4 aliphatic heterocycles. The van der Waals surface area contributed by atoms with E-state index in [1.54, 1.807) is 20.8 Å². The molecule has 0 unspecified atom stereocenters. The zero-order chi connectivity index (χ0) is 46.5. The van der Waals surface area contributed by atoms with Crippen molar-refractivity contribution in [2.24, 2.45) is 17.6 Å². The molecule has 66 heavy (non-hydrogen) atoms. The van der Waals surface area contributed by atoms with Crippen LogP contribution in [0.5, 0.6) is 11.5 Å². The third-order valence-electron chi connectivity index (χ3n) is 13.8. The number of aliphatic hydroxyl groups excluding tert-OH is 2. The van der Waals surface area contributed by atoms with Gasteiger partial charge in [-0.15, -0.1) is 12.4 Å². The van der Waals surface area contributed by atoms with E-state index in [4.69, 9.17) is 19.9 Å². The molecule has 4 fully saturated rings. The summed E-state index contributed by atoms with van der Waals surface area (Å²) in [5, 5.41) is 41.9. The molecule has 6 aliphatic rings. The van der Waals surface area contributed by atoms with Crippen LogP contribution in [0.25, 0.3) is 21.8 Å². The Morgan fingerprint density at radius 1 is 0.773 bits per heavy atom. The fourth-order valence-corrected chi connectivity index (χ4v) is 10.2. The van der Waals surface area contributed by atoms with E-state index in [2.05, 4.69) is 5.32 Å². The molecule has 2 aliphatic carbocycles. The Kier molecular flexibility index (Phi) is 12.0. The monoisotopic (exact) mass is 942 g/mol. The maximum absolute atomic E-state index is 15.5. The Morgan fingerprint density at radius 3 is 1.61 bits per heavy atom. The summed E-state index contributed by atoms with van der Waals surface area (Å²) in [6, 6.07) is 3.24. The molecule has 6 heterocycles. The fourth-order valence-electron chi connectivity index (χ4n) is 10.2. The number of hydrogen-bond acceptors (Lipinski definition) is 13. The van der Waals surface area contributed by atoms with Crippen molar-refractivity contribution in [2.45, 2.75) is 88.1 Å². The molecule has 2 saturated carbocycles. The molecule has 10 rings (SSSR count). The van der Waals surface area contributed by atoms with Gasteiger partial charge in [-0.2, -0.15) is 0 Å². The quantitative estimate of drug-likeness (QED) is 0.138. The number of aliphatic hydroxyl groups is 2. The highest BCUT2D eigenvalue weighted by molar-refractivity contribution is 5.98. The first kappa shape index (κ1) is 46.8. The van der Waals surface area contributed by atoms with Gasteiger partial charge < -0.3 is 55.5 Å². The fraction of sp³-hybridized carbons (Fsp3) is 0.533. The van der Waals surface area contributed by atoms with Crippen molar-refractivity contribution < 1.29 is 57.8 Å². The Labute approximate surface area is 382 Å². The molecule has 2 saturated heterocycles. The Hall–Kier alpha value is -5.70. The van der Waals surface area contributed by atoms with E-state index in [0.29, 0.717) is 31.7 Å². The molecule has 4 atom stereocenters. The number of rotatable bonds is 9. The zero-order valence-electron chi connectivity index (χ0n) is 36.6. The lowest BCUT2D eigenvalue weighted by Gasteiger charge is -2.32. The van der Waals surface area contributed by atoms with E-state index in [-0.39, 0.29) is 82.2 Å². The number of hydrogen-bond donors (Lipinski definition) is 6. The Balaban J connectivity index is 0.000000180. The number of anilines is 2. The number of carbonyl (C=O) groups excluding carboxylic acids is 1. The van der Waals surface area contributed by atoms with Gasteiger partial charge in [-0.25, -0.2) is 23.2 Å². The van der Waals surface area contributed by atoms with E-state index in [1.165, 1.54) is 27.3 Å². The molecule has 4 aromatic rings. The van der Waals surface area contributed by atoms with Gasteiger partial charge in [0.2, 0.25) is 0 Å². The number of benzene rings is 2.